The molecule has 0 saturated carbocycles. The number of anilines is 1. The van der Waals surface area contributed by atoms with Crippen LogP contribution >= 0.6 is 11.6 Å². The van der Waals surface area contributed by atoms with Crippen LogP contribution in [0.3, 0.4) is 0 Å². The van der Waals surface area contributed by atoms with E-state index >= 15 is 0 Å². The lowest BCUT2D eigenvalue weighted by molar-refractivity contribution is 0.00344. The summed E-state index contributed by atoms with van der Waals surface area (Å²) < 4.78 is 6.53. The summed E-state index contributed by atoms with van der Waals surface area (Å²) in [5.41, 5.74) is 5.42. The molecule has 202 valence electrons. The van der Waals surface area contributed by atoms with Crippen molar-refractivity contribution in [2.75, 3.05) is 50.7 Å². The Morgan fingerprint density at radius 1 is 1.03 bits per heavy atom. The Bertz CT molecular complexity index is 1310. The summed E-state index contributed by atoms with van der Waals surface area (Å²) in [7, 11) is 0. The van der Waals surface area contributed by atoms with Crippen LogP contribution in [-0.2, 0) is 11.3 Å². The van der Waals surface area contributed by atoms with E-state index in [0.717, 1.165) is 49.5 Å². The van der Waals surface area contributed by atoms with E-state index in [0.29, 0.717) is 36.0 Å². The molecule has 7 nitrogen and oxygen atoms in total. The summed E-state index contributed by atoms with van der Waals surface area (Å²) in [5.74, 6) is -0.00557. The van der Waals surface area contributed by atoms with E-state index in [4.69, 9.17) is 21.6 Å². The summed E-state index contributed by atoms with van der Waals surface area (Å²) in [4.78, 5) is 24.0. The normalized spacial score (nSPS) is 16.7. The number of ether oxygens (including phenoxy) is 1. The zero-order chi connectivity index (χ0) is 27.2. The van der Waals surface area contributed by atoms with Gasteiger partial charge in [-0.1, -0.05) is 35.9 Å². The highest BCUT2D eigenvalue weighted by Gasteiger charge is 2.26. The van der Waals surface area contributed by atoms with Gasteiger partial charge in [-0.3, -0.25) is 9.69 Å². The molecule has 2 aliphatic heterocycles. The van der Waals surface area contributed by atoms with Gasteiger partial charge in [0.25, 0.3) is 5.91 Å². The Morgan fingerprint density at radius 2 is 1.77 bits per heavy atom. The number of benzene rings is 2. The van der Waals surface area contributed by atoms with Gasteiger partial charge in [-0.15, -0.1) is 0 Å². The summed E-state index contributed by atoms with van der Waals surface area (Å²) in [5, 5.41) is 9.45. The molecule has 2 aromatic carbocycles. The van der Waals surface area contributed by atoms with Crippen molar-refractivity contribution in [1.82, 2.24) is 14.8 Å². The molecule has 1 aromatic heterocycles. The number of nitrogens with zero attached hydrogens (tertiary/aromatic N) is 5. The van der Waals surface area contributed by atoms with E-state index < -0.39 is 0 Å². The van der Waals surface area contributed by atoms with Gasteiger partial charge in [0.15, 0.2) is 0 Å². The minimum absolute atomic E-state index is 0.00557. The first kappa shape index (κ1) is 27.1. The molecular weight excluding hydrogens is 510 g/mol. The SMILES string of the molecule is Cc1cc(C(=O)N2CCN(C[C@H](OCc3ccc(C#N)cc3)c3cccc(N4CCCC4)c3)CC2)cc(Cl)n1. The second kappa shape index (κ2) is 12.6. The monoisotopic (exact) mass is 543 g/mol. The van der Waals surface area contributed by atoms with Gasteiger partial charge in [-0.05, 0) is 67.3 Å². The largest absolute Gasteiger partial charge is 0.372 e. The Kier molecular flexibility index (Phi) is 8.77. The van der Waals surface area contributed by atoms with Crippen molar-refractivity contribution in [3.05, 3.63) is 93.8 Å². The summed E-state index contributed by atoms with van der Waals surface area (Å²) >= 11 is 6.09. The molecule has 2 aliphatic rings. The van der Waals surface area contributed by atoms with Gasteiger partial charge in [0, 0.05) is 62.8 Å². The number of rotatable bonds is 8. The predicted octanol–water partition coefficient (Wildman–Crippen LogP) is 5.23. The van der Waals surface area contributed by atoms with E-state index in [1.165, 1.54) is 18.5 Å². The molecule has 0 N–H and O–H groups in total. The Labute approximate surface area is 235 Å². The molecule has 0 spiro atoms. The van der Waals surface area contributed by atoms with Crippen molar-refractivity contribution in [2.24, 2.45) is 0 Å². The van der Waals surface area contributed by atoms with Gasteiger partial charge in [-0.2, -0.15) is 5.26 Å². The number of piperazine rings is 1. The van der Waals surface area contributed by atoms with Crippen LogP contribution in [-0.4, -0.2) is 66.5 Å². The molecule has 2 fully saturated rings. The van der Waals surface area contributed by atoms with Crippen LogP contribution < -0.4 is 4.90 Å². The highest BCUT2D eigenvalue weighted by molar-refractivity contribution is 6.29. The standard InChI is InChI=1S/C31H34ClN5O2/c1-23-17-27(19-30(32)34-23)31(38)37-15-13-35(14-16-37)21-29(39-22-25-9-7-24(20-33)8-10-25)26-5-4-6-28(18-26)36-11-2-3-12-36/h4-10,17-19,29H,2-3,11-16,21-22H2,1H3/t29-/m0/s1. The molecule has 0 unspecified atom stereocenters. The number of hydrogen-bond donors (Lipinski definition) is 0. The smallest absolute Gasteiger partial charge is 0.254 e. The predicted molar refractivity (Wildman–Crippen MR) is 153 cm³/mol. The first-order chi connectivity index (χ1) is 19.0. The van der Waals surface area contributed by atoms with Crippen LogP contribution in [0, 0.1) is 18.3 Å². The maximum atomic E-state index is 13.1. The summed E-state index contributed by atoms with van der Waals surface area (Å²) in [6, 6.07) is 21.9. The van der Waals surface area contributed by atoms with E-state index in [1.54, 1.807) is 12.1 Å². The molecule has 2 saturated heterocycles. The number of hydrogen-bond acceptors (Lipinski definition) is 6. The zero-order valence-corrected chi connectivity index (χ0v) is 23.1. The average Bonchev–Trinajstić information content (AvgIpc) is 3.50. The fourth-order valence-corrected chi connectivity index (χ4v) is 5.58. The second-order valence-corrected chi connectivity index (χ2v) is 10.7. The van der Waals surface area contributed by atoms with Gasteiger partial charge >= 0.3 is 0 Å². The fourth-order valence-electron chi connectivity index (χ4n) is 5.33. The van der Waals surface area contributed by atoms with Crippen molar-refractivity contribution in [2.45, 2.75) is 32.5 Å². The van der Waals surface area contributed by atoms with Crippen LogP contribution in [0.2, 0.25) is 5.15 Å². The number of aromatic nitrogens is 1. The van der Waals surface area contributed by atoms with Crippen LogP contribution in [0.4, 0.5) is 5.69 Å². The van der Waals surface area contributed by atoms with Crippen molar-refractivity contribution in [1.29, 1.82) is 5.26 Å². The van der Waals surface area contributed by atoms with Crippen molar-refractivity contribution < 1.29 is 9.53 Å². The molecule has 5 rings (SSSR count). The minimum atomic E-state index is -0.118. The third-order valence-electron chi connectivity index (χ3n) is 7.50. The fraction of sp³-hybridized carbons (Fsp3) is 0.387. The van der Waals surface area contributed by atoms with Crippen molar-refractivity contribution >= 4 is 23.2 Å². The number of nitriles is 1. The zero-order valence-electron chi connectivity index (χ0n) is 22.4. The van der Waals surface area contributed by atoms with Gasteiger partial charge < -0.3 is 14.5 Å². The number of carbonyl (C=O) groups excluding carboxylic acids is 1. The first-order valence-electron chi connectivity index (χ1n) is 13.6. The van der Waals surface area contributed by atoms with E-state index in [2.05, 4.69) is 45.1 Å². The van der Waals surface area contributed by atoms with Crippen LogP contribution in [0.25, 0.3) is 0 Å². The molecule has 3 aromatic rings. The highest BCUT2D eigenvalue weighted by Crippen LogP contribution is 2.28. The first-order valence-corrected chi connectivity index (χ1v) is 14.0. The lowest BCUT2D eigenvalue weighted by atomic mass is 10.1. The Balaban J connectivity index is 1.26. The molecule has 0 aliphatic carbocycles. The van der Waals surface area contributed by atoms with Crippen LogP contribution in [0.1, 0.15) is 51.7 Å². The number of amides is 1. The third kappa shape index (κ3) is 6.96. The van der Waals surface area contributed by atoms with Gasteiger partial charge in [0.05, 0.1) is 24.3 Å². The number of pyridine rings is 1. The number of carbonyl (C=O) groups is 1. The summed E-state index contributed by atoms with van der Waals surface area (Å²) in [6.45, 7) is 8.07. The lowest BCUT2D eigenvalue weighted by Crippen LogP contribution is -2.49. The van der Waals surface area contributed by atoms with Gasteiger partial charge in [-0.25, -0.2) is 4.98 Å². The number of halogens is 1. The molecule has 0 radical (unpaired) electrons. The molecule has 1 amide bonds. The van der Waals surface area contributed by atoms with Crippen molar-refractivity contribution in [3.63, 3.8) is 0 Å². The molecule has 39 heavy (non-hydrogen) atoms. The maximum Gasteiger partial charge on any atom is 0.254 e. The van der Waals surface area contributed by atoms with Crippen LogP contribution in [0.15, 0.2) is 60.7 Å². The second-order valence-electron chi connectivity index (χ2n) is 10.3. The Hall–Kier alpha value is -3.44. The molecule has 1 atom stereocenters. The quantitative estimate of drug-likeness (QED) is 0.362. The van der Waals surface area contributed by atoms with E-state index in [-0.39, 0.29) is 12.0 Å². The summed E-state index contributed by atoms with van der Waals surface area (Å²) in [6.07, 6.45) is 2.35. The van der Waals surface area contributed by atoms with E-state index in [1.807, 2.05) is 36.1 Å². The third-order valence-corrected chi connectivity index (χ3v) is 7.69. The van der Waals surface area contributed by atoms with E-state index in [9.17, 15) is 4.79 Å². The lowest BCUT2D eigenvalue weighted by Gasteiger charge is -2.36. The minimum Gasteiger partial charge on any atom is -0.372 e. The maximum absolute atomic E-state index is 13.1. The van der Waals surface area contributed by atoms with Gasteiger partial charge in [0.1, 0.15) is 5.15 Å². The topological polar surface area (TPSA) is 72.7 Å². The molecule has 3 heterocycles. The van der Waals surface area contributed by atoms with Crippen LogP contribution in [0.5, 0.6) is 0 Å². The Morgan fingerprint density at radius 3 is 2.46 bits per heavy atom. The highest BCUT2D eigenvalue weighted by atomic mass is 35.5. The molecule has 8 heteroatoms. The average molecular weight is 544 g/mol. The molecular formula is C31H34ClN5O2. The number of aryl methyl sites for hydroxylation is 1. The molecule has 0 bridgehead atoms. The van der Waals surface area contributed by atoms with Crippen molar-refractivity contribution in [3.8, 4) is 6.07 Å². The van der Waals surface area contributed by atoms with Gasteiger partial charge in [0.2, 0.25) is 0 Å².